The largest absolute Gasteiger partial charge is 0.490 e. The van der Waals surface area contributed by atoms with E-state index < -0.39 is 11.7 Å². The molecule has 0 spiro atoms. The standard InChI is InChI=1S/C19H19ClFNO3/c1-3-24-16-8-11-12(19-13(20)6-5-7-14(19)21)9-18(23)22-15(11)10-17(16)25-4-2/h5-8,10,12H,3-4,9H2,1-2H3,(H,22,23)/t12-/m1/s1. The number of amides is 1. The van der Waals surface area contributed by atoms with Gasteiger partial charge in [-0.15, -0.1) is 0 Å². The van der Waals surface area contributed by atoms with Gasteiger partial charge in [-0.05, 0) is 37.6 Å². The Hall–Kier alpha value is -2.27. The summed E-state index contributed by atoms with van der Waals surface area (Å²) in [6.45, 7) is 4.68. The molecule has 0 fully saturated rings. The number of carbonyl (C=O) groups excluding carboxylic acids is 1. The van der Waals surface area contributed by atoms with Crippen LogP contribution in [-0.4, -0.2) is 19.1 Å². The van der Waals surface area contributed by atoms with Gasteiger partial charge in [-0.3, -0.25) is 4.79 Å². The number of fused-ring (bicyclic) bond motifs is 1. The van der Waals surface area contributed by atoms with Crippen molar-refractivity contribution in [2.24, 2.45) is 0 Å². The predicted octanol–water partition coefficient (Wildman–Crippen LogP) is 4.75. The van der Waals surface area contributed by atoms with Gasteiger partial charge < -0.3 is 14.8 Å². The van der Waals surface area contributed by atoms with Crippen molar-refractivity contribution in [3.63, 3.8) is 0 Å². The second-order valence-electron chi connectivity index (χ2n) is 5.69. The van der Waals surface area contributed by atoms with Crippen LogP contribution in [0, 0.1) is 5.82 Å². The van der Waals surface area contributed by atoms with Crippen LogP contribution >= 0.6 is 11.6 Å². The molecule has 6 heteroatoms. The first-order valence-corrected chi connectivity index (χ1v) is 8.60. The van der Waals surface area contributed by atoms with E-state index in [0.29, 0.717) is 41.0 Å². The van der Waals surface area contributed by atoms with Gasteiger partial charge >= 0.3 is 0 Å². The molecule has 1 N–H and O–H groups in total. The summed E-state index contributed by atoms with van der Waals surface area (Å²) < 4.78 is 25.7. The fourth-order valence-corrected chi connectivity index (χ4v) is 3.40. The Balaban J connectivity index is 2.16. The number of rotatable bonds is 5. The molecule has 1 amide bonds. The van der Waals surface area contributed by atoms with Crippen LogP contribution in [0.25, 0.3) is 0 Å². The average molecular weight is 364 g/mol. The number of hydrogen-bond acceptors (Lipinski definition) is 3. The molecule has 0 bridgehead atoms. The Bertz CT molecular complexity index is 789. The van der Waals surface area contributed by atoms with Gasteiger partial charge in [0.1, 0.15) is 5.82 Å². The molecular formula is C19H19ClFNO3. The third kappa shape index (κ3) is 3.42. The van der Waals surface area contributed by atoms with E-state index in [1.165, 1.54) is 6.07 Å². The minimum absolute atomic E-state index is 0.118. The van der Waals surface area contributed by atoms with E-state index in [0.717, 1.165) is 5.56 Å². The Kier molecular flexibility index (Phi) is 5.13. The van der Waals surface area contributed by atoms with Gasteiger partial charge in [0.25, 0.3) is 0 Å². The summed E-state index contributed by atoms with van der Waals surface area (Å²) in [5, 5.41) is 3.13. The van der Waals surface area contributed by atoms with Gasteiger partial charge in [0, 0.05) is 34.7 Å². The zero-order valence-electron chi connectivity index (χ0n) is 14.1. The van der Waals surface area contributed by atoms with E-state index in [2.05, 4.69) is 5.32 Å². The number of halogens is 2. The Morgan fingerprint density at radius 3 is 2.52 bits per heavy atom. The monoisotopic (exact) mass is 363 g/mol. The molecule has 2 aromatic carbocycles. The van der Waals surface area contributed by atoms with Crippen molar-refractivity contribution in [2.75, 3.05) is 18.5 Å². The van der Waals surface area contributed by atoms with Crippen molar-refractivity contribution in [1.82, 2.24) is 0 Å². The molecule has 1 aliphatic heterocycles. The van der Waals surface area contributed by atoms with E-state index in [9.17, 15) is 9.18 Å². The maximum atomic E-state index is 14.4. The number of carbonyl (C=O) groups is 1. The molecule has 2 aromatic rings. The number of hydrogen-bond donors (Lipinski definition) is 1. The van der Waals surface area contributed by atoms with E-state index >= 15 is 0 Å². The van der Waals surface area contributed by atoms with Gasteiger partial charge in [0.2, 0.25) is 5.91 Å². The Labute approximate surface area is 150 Å². The SMILES string of the molecule is CCOc1cc2c(cc1OCC)[C@H](c1c(F)cccc1Cl)CC(=O)N2. The van der Waals surface area contributed by atoms with Gasteiger partial charge in [-0.25, -0.2) is 4.39 Å². The van der Waals surface area contributed by atoms with E-state index in [1.807, 2.05) is 13.8 Å². The lowest BCUT2D eigenvalue weighted by Crippen LogP contribution is -2.24. The highest BCUT2D eigenvalue weighted by Crippen LogP contribution is 2.45. The molecule has 1 atom stereocenters. The average Bonchev–Trinajstić information content (AvgIpc) is 2.56. The van der Waals surface area contributed by atoms with Crippen LogP contribution in [0.5, 0.6) is 11.5 Å². The van der Waals surface area contributed by atoms with Crippen molar-refractivity contribution in [1.29, 1.82) is 0 Å². The van der Waals surface area contributed by atoms with Crippen LogP contribution in [0.15, 0.2) is 30.3 Å². The number of anilines is 1. The summed E-state index contributed by atoms with van der Waals surface area (Å²) in [6.07, 6.45) is 0.118. The first-order valence-electron chi connectivity index (χ1n) is 8.22. The van der Waals surface area contributed by atoms with Crippen molar-refractivity contribution < 1.29 is 18.7 Å². The minimum Gasteiger partial charge on any atom is -0.490 e. The zero-order valence-corrected chi connectivity index (χ0v) is 14.8. The van der Waals surface area contributed by atoms with Gasteiger partial charge in [-0.1, -0.05) is 17.7 Å². The molecule has 0 aliphatic carbocycles. The highest BCUT2D eigenvalue weighted by atomic mass is 35.5. The van der Waals surface area contributed by atoms with Gasteiger partial charge in [-0.2, -0.15) is 0 Å². The highest BCUT2D eigenvalue weighted by Gasteiger charge is 2.31. The topological polar surface area (TPSA) is 47.6 Å². The van der Waals surface area contributed by atoms with Crippen molar-refractivity contribution >= 4 is 23.2 Å². The summed E-state index contributed by atoms with van der Waals surface area (Å²) in [4.78, 5) is 12.2. The first kappa shape index (κ1) is 17.5. The van der Waals surface area contributed by atoms with Crippen LogP contribution in [-0.2, 0) is 4.79 Å². The summed E-state index contributed by atoms with van der Waals surface area (Å²) >= 11 is 6.23. The maximum absolute atomic E-state index is 14.4. The second-order valence-corrected chi connectivity index (χ2v) is 6.10. The highest BCUT2D eigenvalue weighted by molar-refractivity contribution is 6.31. The number of ether oxygens (including phenoxy) is 2. The Morgan fingerprint density at radius 1 is 1.20 bits per heavy atom. The van der Waals surface area contributed by atoms with Gasteiger partial charge in [0.15, 0.2) is 11.5 Å². The zero-order chi connectivity index (χ0) is 18.0. The molecule has 0 saturated heterocycles. The fourth-order valence-electron chi connectivity index (χ4n) is 3.11. The van der Waals surface area contributed by atoms with Crippen LogP contribution < -0.4 is 14.8 Å². The molecule has 0 saturated carbocycles. The summed E-state index contributed by atoms with van der Waals surface area (Å²) in [5.74, 6) is 0.0150. The fraction of sp³-hybridized carbons (Fsp3) is 0.316. The van der Waals surface area contributed by atoms with E-state index in [4.69, 9.17) is 21.1 Å². The van der Waals surface area contributed by atoms with Crippen LogP contribution in [0.4, 0.5) is 10.1 Å². The Morgan fingerprint density at radius 2 is 1.88 bits per heavy atom. The molecule has 0 radical (unpaired) electrons. The first-order chi connectivity index (χ1) is 12.0. The summed E-state index contributed by atoms with van der Waals surface area (Å²) in [7, 11) is 0. The normalized spacial score (nSPS) is 16.2. The quantitative estimate of drug-likeness (QED) is 0.833. The lowest BCUT2D eigenvalue weighted by molar-refractivity contribution is -0.116. The lowest BCUT2D eigenvalue weighted by Gasteiger charge is -2.28. The van der Waals surface area contributed by atoms with E-state index in [1.54, 1.807) is 24.3 Å². The van der Waals surface area contributed by atoms with Crippen molar-refractivity contribution in [2.45, 2.75) is 26.2 Å². The smallest absolute Gasteiger partial charge is 0.225 e. The molecular weight excluding hydrogens is 345 g/mol. The molecule has 25 heavy (non-hydrogen) atoms. The molecule has 4 nitrogen and oxygen atoms in total. The maximum Gasteiger partial charge on any atom is 0.225 e. The van der Waals surface area contributed by atoms with Crippen LogP contribution in [0.3, 0.4) is 0 Å². The number of benzene rings is 2. The number of nitrogens with one attached hydrogen (secondary N) is 1. The van der Waals surface area contributed by atoms with Crippen molar-refractivity contribution in [3.8, 4) is 11.5 Å². The molecule has 3 rings (SSSR count). The summed E-state index contributed by atoms with van der Waals surface area (Å²) in [5.41, 5.74) is 1.68. The molecule has 0 aromatic heterocycles. The second kappa shape index (κ2) is 7.31. The molecule has 1 heterocycles. The van der Waals surface area contributed by atoms with E-state index in [-0.39, 0.29) is 12.3 Å². The summed E-state index contributed by atoms with van der Waals surface area (Å²) in [6, 6.07) is 8.06. The molecule has 132 valence electrons. The lowest BCUT2D eigenvalue weighted by atomic mass is 9.84. The molecule has 1 aliphatic rings. The predicted molar refractivity (Wildman–Crippen MR) is 95.3 cm³/mol. The third-order valence-electron chi connectivity index (χ3n) is 4.10. The van der Waals surface area contributed by atoms with Gasteiger partial charge in [0.05, 0.1) is 13.2 Å². The van der Waals surface area contributed by atoms with Crippen LogP contribution in [0.1, 0.15) is 37.3 Å². The molecule has 0 unspecified atom stereocenters. The van der Waals surface area contributed by atoms with Crippen molar-refractivity contribution in [3.05, 3.63) is 52.3 Å². The third-order valence-corrected chi connectivity index (χ3v) is 4.43. The minimum atomic E-state index is -0.479. The van der Waals surface area contributed by atoms with Crippen LogP contribution in [0.2, 0.25) is 5.02 Å².